The fraction of sp³-hybridized carbons (Fsp3) is 0.143. The van der Waals surface area contributed by atoms with Gasteiger partial charge >= 0.3 is 5.97 Å². The molecule has 0 unspecified atom stereocenters. The summed E-state index contributed by atoms with van der Waals surface area (Å²) in [5.41, 5.74) is 1.28. The number of nitrogens with one attached hydrogen (secondary N) is 1. The van der Waals surface area contributed by atoms with E-state index >= 15 is 0 Å². The second kappa shape index (κ2) is 4.79. The van der Waals surface area contributed by atoms with E-state index in [1.807, 2.05) is 0 Å². The summed E-state index contributed by atoms with van der Waals surface area (Å²) in [6.45, 7) is 0. The molecule has 0 aliphatic carbocycles. The van der Waals surface area contributed by atoms with E-state index in [1.54, 1.807) is 6.07 Å². The third-order valence-electron chi connectivity index (χ3n) is 3.45. The van der Waals surface area contributed by atoms with Crippen LogP contribution in [0, 0.1) is 0 Å². The minimum Gasteiger partial charge on any atom is -0.477 e. The van der Waals surface area contributed by atoms with Gasteiger partial charge in [-0.3, -0.25) is 0 Å². The molecule has 0 radical (unpaired) electrons. The van der Waals surface area contributed by atoms with Crippen LogP contribution in [0.5, 0.6) is 0 Å². The van der Waals surface area contributed by atoms with Crippen molar-refractivity contribution in [1.82, 2.24) is 14.3 Å². The molecule has 7 nitrogen and oxygen atoms in total. The first-order valence-corrected chi connectivity index (χ1v) is 7.82. The highest BCUT2D eigenvalue weighted by atomic mass is 32.2. The zero-order valence-corrected chi connectivity index (χ0v) is 12.7. The molecule has 0 aliphatic heterocycles. The summed E-state index contributed by atoms with van der Waals surface area (Å²) in [6.07, 6.45) is 1.43. The SMILES string of the molecule is CN(C)S(=O)(=O)c1ccc2[nH]c3cnc(C(=O)O)cc3c2c1. The number of carboxylic acids is 1. The molecule has 0 amide bonds. The lowest BCUT2D eigenvalue weighted by molar-refractivity contribution is 0.0690. The van der Waals surface area contributed by atoms with Gasteiger partial charge in [-0.1, -0.05) is 0 Å². The van der Waals surface area contributed by atoms with Crippen molar-refractivity contribution in [2.45, 2.75) is 4.90 Å². The predicted molar refractivity (Wildman–Crippen MR) is 81.4 cm³/mol. The van der Waals surface area contributed by atoms with Crippen molar-refractivity contribution in [3.63, 3.8) is 0 Å². The molecule has 0 aliphatic rings. The standard InChI is InChI=1S/C14H13N3O4S/c1-17(2)22(20,21)8-3-4-11-9(5-8)10-6-12(14(18)19)15-7-13(10)16-11/h3-7,16H,1-2H3,(H,18,19). The van der Waals surface area contributed by atoms with E-state index < -0.39 is 16.0 Å². The molecule has 0 spiro atoms. The highest BCUT2D eigenvalue weighted by Gasteiger charge is 2.19. The first-order valence-electron chi connectivity index (χ1n) is 6.38. The largest absolute Gasteiger partial charge is 0.477 e. The first-order chi connectivity index (χ1) is 10.3. The van der Waals surface area contributed by atoms with Crippen LogP contribution in [-0.2, 0) is 10.0 Å². The third kappa shape index (κ3) is 2.13. The molecular weight excluding hydrogens is 306 g/mol. The average molecular weight is 319 g/mol. The Morgan fingerprint density at radius 3 is 2.50 bits per heavy atom. The predicted octanol–water partition coefficient (Wildman–Crippen LogP) is 1.66. The average Bonchev–Trinajstić information content (AvgIpc) is 2.83. The van der Waals surface area contributed by atoms with E-state index in [-0.39, 0.29) is 10.6 Å². The molecule has 3 rings (SSSR count). The number of nitrogens with zero attached hydrogens (tertiary/aromatic N) is 2. The lowest BCUT2D eigenvalue weighted by Gasteiger charge is -2.11. The molecule has 2 aromatic heterocycles. The Morgan fingerprint density at radius 1 is 1.18 bits per heavy atom. The number of pyridine rings is 1. The summed E-state index contributed by atoms with van der Waals surface area (Å²) >= 11 is 0. The lowest BCUT2D eigenvalue weighted by Crippen LogP contribution is -2.22. The van der Waals surface area contributed by atoms with E-state index in [9.17, 15) is 13.2 Å². The molecule has 2 N–H and O–H groups in total. The monoisotopic (exact) mass is 319 g/mol. The summed E-state index contributed by atoms with van der Waals surface area (Å²) in [4.78, 5) is 18.1. The Balaban J connectivity index is 2.33. The van der Waals surface area contributed by atoms with Crippen molar-refractivity contribution in [2.24, 2.45) is 0 Å². The molecule has 0 bridgehead atoms. The summed E-state index contributed by atoms with van der Waals surface area (Å²) in [6, 6.07) is 6.14. The van der Waals surface area contributed by atoms with Crippen molar-refractivity contribution >= 4 is 37.8 Å². The molecule has 0 atom stereocenters. The van der Waals surface area contributed by atoms with Crippen LogP contribution in [0.2, 0.25) is 0 Å². The number of fused-ring (bicyclic) bond motifs is 3. The van der Waals surface area contributed by atoms with Gasteiger partial charge in [0.15, 0.2) is 0 Å². The smallest absolute Gasteiger partial charge is 0.354 e. The molecule has 8 heteroatoms. The highest BCUT2D eigenvalue weighted by Crippen LogP contribution is 2.28. The van der Waals surface area contributed by atoms with Crippen molar-refractivity contribution in [3.8, 4) is 0 Å². The number of hydrogen-bond acceptors (Lipinski definition) is 4. The molecule has 22 heavy (non-hydrogen) atoms. The van der Waals surface area contributed by atoms with Gasteiger partial charge in [0.2, 0.25) is 10.0 Å². The number of rotatable bonds is 3. The van der Waals surface area contributed by atoms with Gasteiger partial charge in [0, 0.05) is 30.4 Å². The number of carbonyl (C=O) groups is 1. The minimum atomic E-state index is -3.55. The Bertz CT molecular complexity index is 1010. The summed E-state index contributed by atoms with van der Waals surface area (Å²) in [5, 5.41) is 10.3. The zero-order chi connectivity index (χ0) is 16.1. The molecule has 114 valence electrons. The third-order valence-corrected chi connectivity index (χ3v) is 5.26. The molecule has 0 saturated carbocycles. The topological polar surface area (TPSA) is 103 Å². The first kappa shape index (κ1) is 14.5. The van der Waals surface area contributed by atoms with Gasteiger partial charge in [0.25, 0.3) is 0 Å². The van der Waals surface area contributed by atoms with Gasteiger partial charge in [-0.05, 0) is 24.3 Å². The summed E-state index contributed by atoms with van der Waals surface area (Å²) < 4.78 is 25.6. The zero-order valence-electron chi connectivity index (χ0n) is 11.9. The highest BCUT2D eigenvalue weighted by molar-refractivity contribution is 7.89. The maximum atomic E-state index is 12.2. The van der Waals surface area contributed by atoms with Gasteiger partial charge in [-0.25, -0.2) is 22.5 Å². The Morgan fingerprint density at radius 2 is 1.86 bits per heavy atom. The molecular formula is C14H13N3O4S. The Labute approximate surface area is 126 Å². The molecule has 1 aromatic carbocycles. The quantitative estimate of drug-likeness (QED) is 0.764. The van der Waals surface area contributed by atoms with Crippen LogP contribution in [-0.4, -0.2) is 47.9 Å². The Hall–Kier alpha value is -2.45. The van der Waals surface area contributed by atoms with Crippen molar-refractivity contribution in [1.29, 1.82) is 0 Å². The van der Waals surface area contributed by atoms with Crippen LogP contribution >= 0.6 is 0 Å². The molecule has 3 aromatic rings. The number of aromatic amines is 1. The number of H-pyrrole nitrogens is 1. The van der Waals surface area contributed by atoms with Crippen LogP contribution in [0.4, 0.5) is 0 Å². The number of aromatic carboxylic acids is 1. The number of hydrogen-bond donors (Lipinski definition) is 2. The number of carboxylic acid groups (broad SMARTS) is 1. The number of benzene rings is 1. The van der Waals surface area contributed by atoms with Crippen LogP contribution in [0.15, 0.2) is 35.4 Å². The van der Waals surface area contributed by atoms with Crippen LogP contribution in [0.3, 0.4) is 0 Å². The van der Waals surface area contributed by atoms with Gasteiger partial charge < -0.3 is 10.1 Å². The molecule has 0 saturated heterocycles. The second-order valence-electron chi connectivity index (χ2n) is 5.04. The van der Waals surface area contributed by atoms with E-state index in [0.29, 0.717) is 16.3 Å². The van der Waals surface area contributed by atoms with E-state index in [0.717, 1.165) is 9.82 Å². The fourth-order valence-electron chi connectivity index (χ4n) is 2.27. The van der Waals surface area contributed by atoms with Gasteiger partial charge in [0.05, 0.1) is 16.6 Å². The molecule has 2 heterocycles. The lowest BCUT2D eigenvalue weighted by atomic mass is 10.1. The van der Waals surface area contributed by atoms with Crippen LogP contribution < -0.4 is 0 Å². The van der Waals surface area contributed by atoms with Crippen molar-refractivity contribution in [2.75, 3.05) is 14.1 Å². The van der Waals surface area contributed by atoms with E-state index in [2.05, 4.69) is 9.97 Å². The molecule has 0 fully saturated rings. The maximum Gasteiger partial charge on any atom is 0.354 e. The van der Waals surface area contributed by atoms with Gasteiger partial charge in [-0.15, -0.1) is 0 Å². The van der Waals surface area contributed by atoms with E-state index in [1.165, 1.54) is 38.5 Å². The summed E-state index contributed by atoms with van der Waals surface area (Å²) in [7, 11) is -0.635. The number of aromatic nitrogens is 2. The second-order valence-corrected chi connectivity index (χ2v) is 7.19. The van der Waals surface area contributed by atoms with Crippen molar-refractivity contribution in [3.05, 3.63) is 36.2 Å². The van der Waals surface area contributed by atoms with Crippen LogP contribution in [0.25, 0.3) is 21.8 Å². The van der Waals surface area contributed by atoms with Crippen molar-refractivity contribution < 1.29 is 18.3 Å². The van der Waals surface area contributed by atoms with Gasteiger partial charge in [-0.2, -0.15) is 0 Å². The maximum absolute atomic E-state index is 12.2. The normalized spacial score (nSPS) is 12.3. The minimum absolute atomic E-state index is 0.0886. The van der Waals surface area contributed by atoms with E-state index in [4.69, 9.17) is 5.11 Å². The Kier molecular flexibility index (Phi) is 3.15. The number of sulfonamides is 1. The fourth-order valence-corrected chi connectivity index (χ4v) is 3.19. The van der Waals surface area contributed by atoms with Crippen LogP contribution in [0.1, 0.15) is 10.5 Å². The van der Waals surface area contributed by atoms with Gasteiger partial charge in [0.1, 0.15) is 5.69 Å². The summed E-state index contributed by atoms with van der Waals surface area (Å²) in [5.74, 6) is -1.13.